The molecule has 0 aromatic carbocycles. The van der Waals surface area contributed by atoms with E-state index < -0.39 is 5.54 Å². The molecule has 1 rings (SSSR count). The molecule has 1 aromatic heterocycles. The minimum absolute atomic E-state index is 0.345. The lowest BCUT2D eigenvalue weighted by Gasteiger charge is -2.28. The summed E-state index contributed by atoms with van der Waals surface area (Å²) in [5, 5.41) is 12.1. The van der Waals surface area contributed by atoms with Gasteiger partial charge in [-0.05, 0) is 32.2 Å². The highest BCUT2D eigenvalue weighted by Crippen LogP contribution is 2.17. The molecule has 0 unspecified atom stereocenters. The van der Waals surface area contributed by atoms with Crippen molar-refractivity contribution < 1.29 is 10.0 Å². The summed E-state index contributed by atoms with van der Waals surface area (Å²) >= 11 is 1.32. The highest BCUT2D eigenvalue weighted by Gasteiger charge is 2.26. The van der Waals surface area contributed by atoms with Crippen molar-refractivity contribution in [3.63, 3.8) is 0 Å². The third-order valence-corrected chi connectivity index (χ3v) is 2.42. The van der Waals surface area contributed by atoms with Crippen molar-refractivity contribution in [1.82, 2.24) is 5.06 Å². The average molecular weight is 199 g/mol. The summed E-state index contributed by atoms with van der Waals surface area (Å²) < 4.78 is 0. The average Bonchev–Trinajstić information content (AvgIpc) is 2.51. The van der Waals surface area contributed by atoms with E-state index in [-0.39, 0.29) is 5.91 Å². The molecule has 1 aromatic rings. The van der Waals surface area contributed by atoms with Gasteiger partial charge in [0.15, 0.2) is 0 Å². The Balaban J connectivity index is 2.81. The number of thiophene rings is 1. The van der Waals surface area contributed by atoms with E-state index >= 15 is 0 Å². The van der Waals surface area contributed by atoms with Crippen LogP contribution in [0, 0.1) is 0 Å². The van der Waals surface area contributed by atoms with Gasteiger partial charge in [-0.15, -0.1) is 11.3 Å². The molecule has 0 saturated heterocycles. The number of hydroxylamine groups is 2. The molecule has 0 fully saturated rings. The van der Waals surface area contributed by atoms with E-state index in [1.165, 1.54) is 11.3 Å². The van der Waals surface area contributed by atoms with Crippen molar-refractivity contribution >= 4 is 17.2 Å². The maximum Gasteiger partial charge on any atom is 0.287 e. The maximum atomic E-state index is 11.5. The van der Waals surface area contributed by atoms with Gasteiger partial charge in [-0.3, -0.25) is 10.0 Å². The van der Waals surface area contributed by atoms with Crippen molar-refractivity contribution in [3.05, 3.63) is 22.4 Å². The SMILES string of the molecule is CC(C)(C)N(O)C(=O)c1cccs1. The Morgan fingerprint density at radius 2 is 2.15 bits per heavy atom. The Morgan fingerprint density at radius 3 is 2.54 bits per heavy atom. The summed E-state index contributed by atoms with van der Waals surface area (Å²) in [6.07, 6.45) is 0. The van der Waals surface area contributed by atoms with Gasteiger partial charge in [-0.2, -0.15) is 0 Å². The van der Waals surface area contributed by atoms with Crippen molar-refractivity contribution in [1.29, 1.82) is 0 Å². The van der Waals surface area contributed by atoms with Crippen LogP contribution in [0.4, 0.5) is 0 Å². The Labute approximate surface area is 81.6 Å². The second kappa shape index (κ2) is 3.47. The molecule has 1 amide bonds. The largest absolute Gasteiger partial charge is 0.287 e. The number of amides is 1. The molecule has 0 spiro atoms. The van der Waals surface area contributed by atoms with Crippen molar-refractivity contribution in [2.24, 2.45) is 0 Å². The Morgan fingerprint density at radius 1 is 1.54 bits per heavy atom. The Kier molecular flexibility index (Phi) is 2.73. The molecule has 0 aliphatic rings. The van der Waals surface area contributed by atoms with Crippen LogP contribution >= 0.6 is 11.3 Å². The van der Waals surface area contributed by atoms with Crippen LogP contribution in [0.3, 0.4) is 0 Å². The number of carbonyl (C=O) groups is 1. The quantitative estimate of drug-likeness (QED) is 0.557. The summed E-state index contributed by atoms with van der Waals surface area (Å²) in [5.41, 5.74) is -0.554. The van der Waals surface area contributed by atoms with Crippen LogP contribution in [-0.4, -0.2) is 21.7 Å². The molecular formula is C9H13NO2S. The molecule has 13 heavy (non-hydrogen) atoms. The molecule has 1 N–H and O–H groups in total. The van der Waals surface area contributed by atoms with Crippen molar-refractivity contribution in [3.8, 4) is 0 Å². The molecule has 0 atom stereocenters. The first-order valence-corrected chi connectivity index (χ1v) is 4.88. The van der Waals surface area contributed by atoms with Gasteiger partial charge in [0.25, 0.3) is 5.91 Å². The van der Waals surface area contributed by atoms with Gasteiger partial charge >= 0.3 is 0 Å². The van der Waals surface area contributed by atoms with Crippen LogP contribution in [0.1, 0.15) is 30.4 Å². The second-order valence-corrected chi connectivity index (χ2v) is 4.71. The first-order valence-electron chi connectivity index (χ1n) is 4.00. The zero-order chi connectivity index (χ0) is 10.1. The van der Waals surface area contributed by atoms with Gasteiger partial charge in [-0.1, -0.05) is 6.07 Å². The van der Waals surface area contributed by atoms with Crippen molar-refractivity contribution in [2.45, 2.75) is 26.3 Å². The molecule has 0 aliphatic heterocycles. The van der Waals surface area contributed by atoms with Crippen LogP contribution < -0.4 is 0 Å². The lowest BCUT2D eigenvalue weighted by Crippen LogP contribution is -2.42. The van der Waals surface area contributed by atoms with E-state index in [2.05, 4.69) is 0 Å². The van der Waals surface area contributed by atoms with Gasteiger partial charge in [0.1, 0.15) is 0 Å². The standard InChI is InChI=1S/C9H13NO2S/c1-9(2,3)10(12)8(11)7-5-4-6-13-7/h4-6,12H,1-3H3. The van der Waals surface area contributed by atoms with E-state index in [9.17, 15) is 10.0 Å². The van der Waals surface area contributed by atoms with E-state index in [4.69, 9.17) is 0 Å². The third kappa shape index (κ3) is 2.29. The Hall–Kier alpha value is -0.870. The zero-order valence-electron chi connectivity index (χ0n) is 7.94. The lowest BCUT2D eigenvalue weighted by molar-refractivity contribution is -0.114. The first-order chi connectivity index (χ1) is 5.93. The topological polar surface area (TPSA) is 40.5 Å². The maximum absolute atomic E-state index is 11.5. The van der Waals surface area contributed by atoms with E-state index in [1.54, 1.807) is 32.9 Å². The lowest BCUT2D eigenvalue weighted by atomic mass is 10.1. The summed E-state index contributed by atoms with van der Waals surface area (Å²) in [4.78, 5) is 12.1. The predicted molar refractivity (Wildman–Crippen MR) is 52.0 cm³/mol. The summed E-state index contributed by atoms with van der Waals surface area (Å²) in [6.45, 7) is 5.33. The number of rotatable bonds is 1. The van der Waals surface area contributed by atoms with E-state index in [1.807, 2.05) is 5.38 Å². The normalized spacial score (nSPS) is 11.4. The minimum atomic E-state index is -0.554. The molecule has 3 nitrogen and oxygen atoms in total. The monoisotopic (exact) mass is 199 g/mol. The summed E-state index contributed by atoms with van der Waals surface area (Å²) in [5.74, 6) is -0.345. The highest BCUT2D eigenvalue weighted by molar-refractivity contribution is 7.12. The fourth-order valence-electron chi connectivity index (χ4n) is 0.809. The molecule has 0 aliphatic carbocycles. The van der Waals surface area contributed by atoms with Crippen LogP contribution in [0.2, 0.25) is 0 Å². The van der Waals surface area contributed by atoms with Gasteiger partial charge in [0.2, 0.25) is 0 Å². The molecular weight excluding hydrogens is 186 g/mol. The molecule has 0 saturated carbocycles. The molecule has 0 bridgehead atoms. The zero-order valence-corrected chi connectivity index (χ0v) is 8.76. The fourth-order valence-corrected chi connectivity index (χ4v) is 1.46. The predicted octanol–water partition coefficient (Wildman–Crippen LogP) is 2.38. The van der Waals surface area contributed by atoms with Gasteiger partial charge in [-0.25, -0.2) is 5.06 Å². The number of hydrogen-bond donors (Lipinski definition) is 1. The van der Waals surface area contributed by atoms with Gasteiger partial charge < -0.3 is 0 Å². The third-order valence-electron chi connectivity index (χ3n) is 1.56. The summed E-state index contributed by atoms with van der Waals surface area (Å²) in [7, 11) is 0. The smallest absolute Gasteiger partial charge is 0.285 e. The van der Waals surface area contributed by atoms with Crippen LogP contribution in [-0.2, 0) is 0 Å². The number of hydrogen-bond acceptors (Lipinski definition) is 3. The first kappa shape index (κ1) is 10.2. The van der Waals surface area contributed by atoms with Gasteiger partial charge in [0, 0.05) is 0 Å². The number of nitrogens with zero attached hydrogens (tertiary/aromatic N) is 1. The van der Waals surface area contributed by atoms with E-state index in [0.29, 0.717) is 4.88 Å². The van der Waals surface area contributed by atoms with Gasteiger partial charge in [0.05, 0.1) is 10.4 Å². The number of carbonyl (C=O) groups excluding carboxylic acids is 1. The Bertz CT molecular complexity index is 287. The fraction of sp³-hybridized carbons (Fsp3) is 0.444. The van der Waals surface area contributed by atoms with Crippen LogP contribution in [0.5, 0.6) is 0 Å². The highest BCUT2D eigenvalue weighted by atomic mass is 32.1. The molecule has 72 valence electrons. The molecule has 4 heteroatoms. The minimum Gasteiger partial charge on any atom is -0.285 e. The second-order valence-electron chi connectivity index (χ2n) is 3.77. The summed E-state index contributed by atoms with van der Waals surface area (Å²) in [6, 6.07) is 3.48. The van der Waals surface area contributed by atoms with Crippen LogP contribution in [0.25, 0.3) is 0 Å². The molecule has 1 heterocycles. The van der Waals surface area contributed by atoms with Crippen LogP contribution in [0.15, 0.2) is 17.5 Å². The molecule has 0 radical (unpaired) electrons. The van der Waals surface area contributed by atoms with E-state index in [0.717, 1.165) is 5.06 Å². The van der Waals surface area contributed by atoms with Crippen molar-refractivity contribution in [2.75, 3.05) is 0 Å².